The van der Waals surface area contributed by atoms with E-state index in [1.165, 1.54) is 0 Å². The van der Waals surface area contributed by atoms with Gasteiger partial charge in [0.05, 0.1) is 12.6 Å². The summed E-state index contributed by atoms with van der Waals surface area (Å²) >= 11 is 0. The molecule has 1 atom stereocenters. The first kappa shape index (κ1) is 15.7. The molecular weight excluding hydrogens is 242 g/mol. The summed E-state index contributed by atoms with van der Waals surface area (Å²) in [7, 11) is 3.68. The van der Waals surface area contributed by atoms with Crippen LogP contribution >= 0.6 is 0 Å². The van der Waals surface area contributed by atoms with Crippen molar-refractivity contribution >= 4 is 11.6 Å². The van der Waals surface area contributed by atoms with Gasteiger partial charge >= 0.3 is 0 Å². The van der Waals surface area contributed by atoms with Crippen molar-refractivity contribution in [1.29, 1.82) is 0 Å². The van der Waals surface area contributed by atoms with Gasteiger partial charge in [0.1, 0.15) is 17.5 Å². The van der Waals surface area contributed by atoms with Crippen LogP contribution in [0.1, 0.15) is 33.5 Å². The van der Waals surface area contributed by atoms with Gasteiger partial charge in [0.15, 0.2) is 0 Å². The van der Waals surface area contributed by atoms with E-state index in [0.29, 0.717) is 12.4 Å². The minimum absolute atomic E-state index is 0.132. The van der Waals surface area contributed by atoms with Gasteiger partial charge in [0.2, 0.25) is 0 Å². The summed E-state index contributed by atoms with van der Waals surface area (Å²) in [6.07, 6.45) is 0. The molecule has 0 bridgehead atoms. The Morgan fingerprint density at radius 1 is 1.42 bits per heavy atom. The molecule has 1 rings (SSSR count). The van der Waals surface area contributed by atoms with Gasteiger partial charge in [-0.25, -0.2) is 15.8 Å². The molecule has 1 aromatic rings. The Kier molecular flexibility index (Phi) is 5.08. The minimum atomic E-state index is -0.132. The van der Waals surface area contributed by atoms with Crippen LogP contribution in [0.2, 0.25) is 0 Å². The van der Waals surface area contributed by atoms with Crippen LogP contribution < -0.4 is 16.2 Å². The normalized spacial score (nSPS) is 13.2. The van der Waals surface area contributed by atoms with E-state index in [1.807, 2.05) is 13.1 Å². The zero-order chi connectivity index (χ0) is 14.6. The Morgan fingerprint density at radius 2 is 2.05 bits per heavy atom. The minimum Gasteiger partial charge on any atom is -0.383 e. The molecule has 0 saturated heterocycles. The number of methoxy groups -OCH3 is 1. The number of rotatable bonds is 5. The van der Waals surface area contributed by atoms with Crippen LogP contribution in [0.3, 0.4) is 0 Å². The molecule has 0 fully saturated rings. The monoisotopic (exact) mass is 267 g/mol. The highest BCUT2D eigenvalue weighted by Crippen LogP contribution is 2.24. The van der Waals surface area contributed by atoms with Crippen LogP contribution in [0, 0.1) is 0 Å². The average Bonchev–Trinajstić information content (AvgIpc) is 2.36. The van der Waals surface area contributed by atoms with Crippen molar-refractivity contribution in [1.82, 2.24) is 9.97 Å². The fourth-order valence-corrected chi connectivity index (χ4v) is 1.60. The summed E-state index contributed by atoms with van der Waals surface area (Å²) in [5.41, 5.74) is 2.46. The lowest BCUT2D eigenvalue weighted by molar-refractivity contribution is 0.183. The maximum Gasteiger partial charge on any atom is 0.145 e. The Bertz CT molecular complexity index is 416. The van der Waals surface area contributed by atoms with E-state index in [1.54, 1.807) is 7.11 Å². The first-order valence-corrected chi connectivity index (χ1v) is 6.37. The molecule has 0 amide bonds. The molecule has 6 heteroatoms. The topological polar surface area (TPSA) is 76.3 Å². The molecule has 0 aliphatic heterocycles. The molecule has 0 aliphatic carbocycles. The molecule has 0 aliphatic rings. The van der Waals surface area contributed by atoms with Crippen molar-refractivity contribution in [2.75, 3.05) is 31.1 Å². The van der Waals surface area contributed by atoms with Gasteiger partial charge in [0, 0.05) is 25.6 Å². The largest absolute Gasteiger partial charge is 0.383 e. The maximum absolute atomic E-state index is 5.48. The third kappa shape index (κ3) is 4.04. The quantitative estimate of drug-likeness (QED) is 0.622. The molecule has 19 heavy (non-hydrogen) atoms. The lowest BCUT2D eigenvalue weighted by atomic mass is 9.96. The van der Waals surface area contributed by atoms with Crippen molar-refractivity contribution in [2.24, 2.45) is 5.84 Å². The van der Waals surface area contributed by atoms with E-state index >= 15 is 0 Å². The van der Waals surface area contributed by atoms with Crippen molar-refractivity contribution in [3.8, 4) is 0 Å². The van der Waals surface area contributed by atoms with E-state index in [4.69, 9.17) is 10.6 Å². The second-order valence-corrected chi connectivity index (χ2v) is 5.74. The molecule has 6 nitrogen and oxygen atoms in total. The van der Waals surface area contributed by atoms with Crippen LogP contribution in [0.5, 0.6) is 0 Å². The van der Waals surface area contributed by atoms with Gasteiger partial charge in [-0.3, -0.25) is 0 Å². The number of nitrogens with one attached hydrogen (secondary N) is 1. The van der Waals surface area contributed by atoms with Crippen molar-refractivity contribution < 1.29 is 4.74 Å². The first-order valence-electron chi connectivity index (χ1n) is 6.37. The summed E-state index contributed by atoms with van der Waals surface area (Å²) in [6.45, 7) is 8.94. The summed E-state index contributed by atoms with van der Waals surface area (Å²) in [6, 6.07) is 2.06. The van der Waals surface area contributed by atoms with E-state index in [-0.39, 0.29) is 11.5 Å². The van der Waals surface area contributed by atoms with Crippen LogP contribution in [0.15, 0.2) is 6.07 Å². The van der Waals surface area contributed by atoms with Crippen LogP contribution in [-0.4, -0.2) is 36.8 Å². The van der Waals surface area contributed by atoms with E-state index in [2.05, 4.69) is 48.0 Å². The van der Waals surface area contributed by atoms with E-state index < -0.39 is 0 Å². The van der Waals surface area contributed by atoms with Gasteiger partial charge in [-0.05, 0) is 6.92 Å². The number of nitrogen functional groups attached to an aromatic ring is 1. The standard InChI is InChI=1S/C13H25N5O/c1-9(8-19-6)18(5)11-7-10(17-14)15-12(16-11)13(2,3)4/h7,9H,8,14H2,1-6H3,(H,15,16,17). The number of ether oxygens (including phenoxy) is 1. The van der Waals surface area contributed by atoms with E-state index in [9.17, 15) is 0 Å². The van der Waals surface area contributed by atoms with Gasteiger partial charge in [-0.1, -0.05) is 20.8 Å². The molecule has 1 aromatic heterocycles. The SMILES string of the molecule is COCC(C)N(C)c1cc(NN)nc(C(C)(C)C)n1. The number of hydrogen-bond donors (Lipinski definition) is 2. The summed E-state index contributed by atoms with van der Waals surface area (Å²) in [5.74, 6) is 7.69. The molecule has 0 aromatic carbocycles. The predicted octanol–water partition coefficient (Wildman–Crippen LogP) is 1.53. The average molecular weight is 267 g/mol. The maximum atomic E-state index is 5.48. The molecule has 0 saturated carbocycles. The molecule has 0 spiro atoms. The number of anilines is 2. The Morgan fingerprint density at radius 3 is 2.53 bits per heavy atom. The number of aromatic nitrogens is 2. The molecule has 1 heterocycles. The van der Waals surface area contributed by atoms with Crippen LogP contribution in [0.25, 0.3) is 0 Å². The van der Waals surface area contributed by atoms with Gasteiger partial charge in [-0.15, -0.1) is 0 Å². The highest BCUT2D eigenvalue weighted by Gasteiger charge is 2.21. The summed E-state index contributed by atoms with van der Waals surface area (Å²) in [4.78, 5) is 11.1. The highest BCUT2D eigenvalue weighted by atomic mass is 16.5. The third-order valence-electron chi connectivity index (χ3n) is 2.96. The number of hydrogen-bond acceptors (Lipinski definition) is 6. The highest BCUT2D eigenvalue weighted by molar-refractivity contribution is 5.49. The van der Waals surface area contributed by atoms with Gasteiger partial charge in [0.25, 0.3) is 0 Å². The zero-order valence-electron chi connectivity index (χ0n) is 12.7. The lowest BCUT2D eigenvalue weighted by Gasteiger charge is -2.27. The van der Waals surface area contributed by atoms with Crippen molar-refractivity contribution in [3.05, 3.63) is 11.9 Å². The van der Waals surface area contributed by atoms with Crippen LogP contribution in [0.4, 0.5) is 11.6 Å². The smallest absolute Gasteiger partial charge is 0.145 e. The fourth-order valence-electron chi connectivity index (χ4n) is 1.60. The van der Waals surface area contributed by atoms with Gasteiger partial charge in [-0.2, -0.15) is 0 Å². The molecule has 0 radical (unpaired) electrons. The number of likely N-dealkylation sites (N-methyl/N-ethyl adjacent to an activating group) is 1. The van der Waals surface area contributed by atoms with Crippen molar-refractivity contribution in [2.45, 2.75) is 39.2 Å². The molecule has 3 N–H and O–H groups in total. The lowest BCUT2D eigenvalue weighted by Crippen LogP contribution is -2.34. The zero-order valence-corrected chi connectivity index (χ0v) is 12.7. The Labute approximate surface area is 115 Å². The number of nitrogens with zero attached hydrogens (tertiary/aromatic N) is 3. The number of hydrazine groups is 1. The van der Waals surface area contributed by atoms with Crippen LogP contribution in [-0.2, 0) is 10.2 Å². The predicted molar refractivity (Wildman–Crippen MR) is 78.3 cm³/mol. The Hall–Kier alpha value is -1.40. The fraction of sp³-hybridized carbons (Fsp3) is 0.692. The first-order chi connectivity index (χ1) is 8.79. The van der Waals surface area contributed by atoms with Crippen molar-refractivity contribution in [3.63, 3.8) is 0 Å². The molecule has 108 valence electrons. The second-order valence-electron chi connectivity index (χ2n) is 5.74. The number of nitrogens with two attached hydrogens (primary N) is 1. The molecular formula is C13H25N5O. The Balaban J connectivity index is 3.13. The third-order valence-corrected chi connectivity index (χ3v) is 2.96. The molecule has 1 unspecified atom stereocenters. The second kappa shape index (κ2) is 6.16. The van der Waals surface area contributed by atoms with E-state index in [0.717, 1.165) is 11.6 Å². The van der Waals surface area contributed by atoms with Gasteiger partial charge < -0.3 is 15.1 Å². The summed E-state index contributed by atoms with van der Waals surface area (Å²) in [5, 5.41) is 0. The summed E-state index contributed by atoms with van der Waals surface area (Å²) < 4.78 is 5.17.